The number of halogens is 2. The van der Waals surface area contributed by atoms with Crippen LogP contribution in [0.25, 0.3) is 16.7 Å². The smallest absolute Gasteiger partial charge is 0.254 e. The summed E-state index contributed by atoms with van der Waals surface area (Å²) < 4.78 is 29.9. The molecule has 0 aliphatic rings. The minimum Gasteiger partial charge on any atom is -0.345 e. The van der Waals surface area contributed by atoms with Gasteiger partial charge in [0.15, 0.2) is 0 Å². The molecule has 8 heteroatoms. The predicted octanol–water partition coefficient (Wildman–Crippen LogP) is 3.89. The summed E-state index contributed by atoms with van der Waals surface area (Å²) >= 11 is 0. The molecule has 0 bridgehead atoms. The zero-order chi connectivity index (χ0) is 20.5. The van der Waals surface area contributed by atoms with Crippen molar-refractivity contribution in [2.75, 3.05) is 0 Å². The molecule has 6 nitrogen and oxygen atoms in total. The number of nitrogens with one attached hydrogen (secondary N) is 1. The van der Waals surface area contributed by atoms with Crippen molar-refractivity contribution in [3.05, 3.63) is 83.4 Å². The first-order valence-electron chi connectivity index (χ1n) is 8.94. The Balaban J connectivity index is 1.59. The van der Waals surface area contributed by atoms with Gasteiger partial charge in [-0.05, 0) is 43.2 Å². The van der Waals surface area contributed by atoms with E-state index in [0.29, 0.717) is 16.8 Å². The fraction of sp³-hybridized carbons (Fsp3) is 0.143. The van der Waals surface area contributed by atoms with Crippen LogP contribution in [0.4, 0.5) is 8.78 Å². The van der Waals surface area contributed by atoms with Crippen LogP contribution in [0.2, 0.25) is 0 Å². The van der Waals surface area contributed by atoms with E-state index < -0.39 is 23.6 Å². The molecule has 0 spiro atoms. The highest BCUT2D eigenvalue weighted by molar-refractivity contribution is 6.04. The molecule has 4 rings (SSSR count). The standard InChI is InChI=1S/C21H17F2N5O/c1-12-10-26-28(11-12)19-4-3-14(7-17(19)23)13(2)27-21(29)16-8-15(22)9-18-20(16)25-6-5-24-18/h3-11,13H,1-2H3,(H,27,29). The van der Waals surface area contributed by atoms with E-state index in [4.69, 9.17) is 0 Å². The molecule has 0 saturated carbocycles. The number of hydrogen-bond donors (Lipinski definition) is 1. The predicted molar refractivity (Wildman–Crippen MR) is 104 cm³/mol. The molecule has 2 aromatic carbocycles. The minimum absolute atomic E-state index is 0.0732. The lowest BCUT2D eigenvalue weighted by Crippen LogP contribution is -2.27. The average molecular weight is 393 g/mol. The summed E-state index contributed by atoms with van der Waals surface area (Å²) in [5, 5.41) is 6.87. The number of aromatic nitrogens is 4. The Morgan fingerprint density at radius 2 is 1.93 bits per heavy atom. The van der Waals surface area contributed by atoms with Crippen LogP contribution in [0.1, 0.15) is 34.5 Å². The lowest BCUT2D eigenvalue weighted by molar-refractivity contribution is 0.0941. The lowest BCUT2D eigenvalue weighted by Gasteiger charge is -2.16. The second-order valence-electron chi connectivity index (χ2n) is 6.75. The third-order valence-corrected chi connectivity index (χ3v) is 4.56. The summed E-state index contributed by atoms with van der Waals surface area (Å²) in [6, 6.07) is 6.48. The third kappa shape index (κ3) is 3.69. The van der Waals surface area contributed by atoms with Crippen LogP contribution in [0.3, 0.4) is 0 Å². The number of rotatable bonds is 4. The van der Waals surface area contributed by atoms with Crippen molar-refractivity contribution >= 4 is 16.9 Å². The van der Waals surface area contributed by atoms with Gasteiger partial charge in [-0.25, -0.2) is 13.5 Å². The molecule has 146 valence electrons. The highest BCUT2D eigenvalue weighted by Gasteiger charge is 2.18. The number of aryl methyl sites for hydroxylation is 1. The Hall–Kier alpha value is -3.68. The van der Waals surface area contributed by atoms with Gasteiger partial charge in [0.25, 0.3) is 5.91 Å². The van der Waals surface area contributed by atoms with Crippen LogP contribution in [-0.4, -0.2) is 25.7 Å². The van der Waals surface area contributed by atoms with Crippen LogP contribution in [0.5, 0.6) is 0 Å². The van der Waals surface area contributed by atoms with Gasteiger partial charge in [-0.2, -0.15) is 5.10 Å². The number of hydrogen-bond acceptors (Lipinski definition) is 4. The monoisotopic (exact) mass is 393 g/mol. The summed E-state index contributed by atoms with van der Waals surface area (Å²) in [4.78, 5) is 20.9. The molecule has 2 heterocycles. The second-order valence-corrected chi connectivity index (χ2v) is 6.75. The molecule has 0 aliphatic carbocycles. The first-order chi connectivity index (χ1) is 13.9. The van der Waals surface area contributed by atoms with Crippen molar-refractivity contribution in [1.82, 2.24) is 25.1 Å². The number of carbonyl (C=O) groups is 1. The van der Waals surface area contributed by atoms with Gasteiger partial charge in [0, 0.05) is 24.7 Å². The molecule has 29 heavy (non-hydrogen) atoms. The summed E-state index contributed by atoms with van der Waals surface area (Å²) in [7, 11) is 0. The number of fused-ring (bicyclic) bond motifs is 1. The maximum atomic E-state index is 14.6. The fourth-order valence-electron chi connectivity index (χ4n) is 3.09. The van der Waals surface area contributed by atoms with Crippen LogP contribution in [-0.2, 0) is 0 Å². The van der Waals surface area contributed by atoms with E-state index >= 15 is 0 Å². The Morgan fingerprint density at radius 3 is 2.66 bits per heavy atom. The SMILES string of the molecule is Cc1cnn(-c2ccc(C(C)NC(=O)c3cc(F)cc4nccnc34)cc2F)c1. The normalized spacial score (nSPS) is 12.1. The minimum atomic E-state index is -0.583. The zero-order valence-electron chi connectivity index (χ0n) is 15.7. The molecular weight excluding hydrogens is 376 g/mol. The number of nitrogens with zero attached hydrogens (tertiary/aromatic N) is 4. The number of benzene rings is 2. The quantitative estimate of drug-likeness (QED) is 0.571. The van der Waals surface area contributed by atoms with Gasteiger partial charge in [-0.1, -0.05) is 6.07 Å². The Morgan fingerprint density at radius 1 is 1.14 bits per heavy atom. The molecule has 0 fully saturated rings. The van der Waals surface area contributed by atoms with E-state index in [2.05, 4.69) is 20.4 Å². The molecule has 0 saturated heterocycles. The molecule has 1 atom stereocenters. The zero-order valence-corrected chi connectivity index (χ0v) is 15.7. The first kappa shape index (κ1) is 18.7. The molecule has 2 aromatic heterocycles. The average Bonchev–Trinajstić information content (AvgIpc) is 3.13. The Bertz CT molecular complexity index is 1220. The molecule has 0 radical (unpaired) electrons. The van der Waals surface area contributed by atoms with Crippen molar-refractivity contribution in [3.63, 3.8) is 0 Å². The summed E-state index contributed by atoms with van der Waals surface area (Å²) in [6.45, 7) is 3.59. The molecule has 1 amide bonds. The second kappa shape index (κ2) is 7.38. The highest BCUT2D eigenvalue weighted by Crippen LogP contribution is 2.22. The maximum Gasteiger partial charge on any atom is 0.254 e. The Labute approximate surface area is 165 Å². The van der Waals surface area contributed by atoms with Gasteiger partial charge in [-0.3, -0.25) is 14.8 Å². The van der Waals surface area contributed by atoms with Crippen molar-refractivity contribution in [2.24, 2.45) is 0 Å². The fourth-order valence-corrected chi connectivity index (χ4v) is 3.09. The van der Waals surface area contributed by atoms with Crippen LogP contribution in [0.15, 0.2) is 55.1 Å². The maximum absolute atomic E-state index is 14.6. The largest absolute Gasteiger partial charge is 0.345 e. The third-order valence-electron chi connectivity index (χ3n) is 4.56. The van der Waals surface area contributed by atoms with Crippen molar-refractivity contribution in [1.29, 1.82) is 0 Å². The van der Waals surface area contributed by atoms with Crippen molar-refractivity contribution in [3.8, 4) is 5.69 Å². The van der Waals surface area contributed by atoms with E-state index in [1.54, 1.807) is 31.5 Å². The van der Waals surface area contributed by atoms with Gasteiger partial charge >= 0.3 is 0 Å². The van der Waals surface area contributed by atoms with Gasteiger partial charge < -0.3 is 5.32 Å². The van der Waals surface area contributed by atoms with Gasteiger partial charge in [0.1, 0.15) is 22.8 Å². The first-order valence-corrected chi connectivity index (χ1v) is 8.94. The molecule has 1 N–H and O–H groups in total. The number of amides is 1. The van der Waals surface area contributed by atoms with E-state index in [1.807, 2.05) is 6.92 Å². The molecular formula is C21H17F2N5O. The van der Waals surface area contributed by atoms with Crippen LogP contribution < -0.4 is 5.32 Å². The van der Waals surface area contributed by atoms with Gasteiger partial charge in [0.2, 0.25) is 0 Å². The summed E-state index contributed by atoms with van der Waals surface area (Å²) in [6.07, 6.45) is 6.23. The van der Waals surface area contributed by atoms with Gasteiger partial charge in [-0.15, -0.1) is 0 Å². The van der Waals surface area contributed by atoms with Gasteiger partial charge in [0.05, 0.1) is 23.3 Å². The van der Waals surface area contributed by atoms with E-state index in [-0.39, 0.29) is 11.1 Å². The summed E-state index contributed by atoms with van der Waals surface area (Å²) in [5.74, 6) is -1.57. The van der Waals surface area contributed by atoms with E-state index in [0.717, 1.165) is 11.6 Å². The van der Waals surface area contributed by atoms with Crippen molar-refractivity contribution < 1.29 is 13.6 Å². The van der Waals surface area contributed by atoms with Crippen LogP contribution in [0, 0.1) is 18.6 Å². The number of carbonyl (C=O) groups excluding carboxylic acids is 1. The molecule has 0 aliphatic heterocycles. The van der Waals surface area contributed by atoms with Crippen LogP contribution >= 0.6 is 0 Å². The van der Waals surface area contributed by atoms with Crippen molar-refractivity contribution in [2.45, 2.75) is 19.9 Å². The van der Waals surface area contributed by atoms with E-state index in [9.17, 15) is 13.6 Å². The summed E-state index contributed by atoms with van der Waals surface area (Å²) in [5.41, 5.74) is 2.45. The van der Waals surface area contributed by atoms with E-state index in [1.165, 1.54) is 29.2 Å². The Kier molecular flexibility index (Phi) is 4.75. The highest BCUT2D eigenvalue weighted by atomic mass is 19.1. The topological polar surface area (TPSA) is 72.7 Å². The molecule has 1 unspecified atom stereocenters. The molecule has 4 aromatic rings. The lowest BCUT2D eigenvalue weighted by atomic mass is 10.1.